The third-order valence-electron chi connectivity index (χ3n) is 2.75. The van der Waals surface area contributed by atoms with Gasteiger partial charge in [0, 0.05) is 5.56 Å². The second-order valence-corrected chi connectivity index (χ2v) is 4.47. The molecule has 0 unspecified atom stereocenters. The van der Waals surface area contributed by atoms with Crippen molar-refractivity contribution in [2.45, 2.75) is 25.8 Å². The summed E-state index contributed by atoms with van der Waals surface area (Å²) in [4.78, 5) is 23.0. The molecule has 6 nitrogen and oxygen atoms in total. The zero-order chi connectivity index (χ0) is 15.7. The summed E-state index contributed by atoms with van der Waals surface area (Å²) in [6.45, 7) is 1.52. The van der Waals surface area contributed by atoms with Crippen LogP contribution in [0.1, 0.15) is 25.3 Å². The first kappa shape index (κ1) is 17.1. The molecule has 0 fully saturated rings. The first-order chi connectivity index (χ1) is 10.1. The van der Waals surface area contributed by atoms with Crippen molar-refractivity contribution in [3.8, 4) is 0 Å². The maximum atomic E-state index is 11.7. The van der Waals surface area contributed by atoms with Gasteiger partial charge in [0.15, 0.2) is 0 Å². The molecule has 1 atom stereocenters. The van der Waals surface area contributed by atoms with Gasteiger partial charge in [-0.1, -0.05) is 43.7 Å². The molecule has 1 aromatic carbocycles. The number of carbonyl (C=O) groups excluding carboxylic acids is 2. The molecule has 1 radical (unpaired) electrons. The number of esters is 2. The van der Waals surface area contributed by atoms with Crippen LogP contribution in [0.25, 0.3) is 0 Å². The molecule has 0 bridgehead atoms. The van der Waals surface area contributed by atoms with E-state index in [4.69, 9.17) is 20.9 Å². The van der Waals surface area contributed by atoms with Gasteiger partial charge in [-0.15, -0.1) is 0 Å². The fraction of sp³-hybridized carbons (Fsp3) is 0.400. The van der Waals surface area contributed by atoms with Gasteiger partial charge in [-0.3, -0.25) is 9.59 Å². The molecule has 1 aromatic rings. The van der Waals surface area contributed by atoms with E-state index in [2.05, 4.69) is 0 Å². The zero-order valence-electron chi connectivity index (χ0n) is 12.1. The molecule has 1 rings (SSSR count). The number of hydrogen-bond donors (Lipinski definition) is 2. The van der Waals surface area contributed by atoms with E-state index in [-0.39, 0.29) is 19.3 Å². The SMILES string of the molecule is CCC[C@H](N)C(=O)OC[C](OC(=O)CN)c1ccccc1. The van der Waals surface area contributed by atoms with Crippen molar-refractivity contribution in [1.82, 2.24) is 0 Å². The minimum absolute atomic E-state index is 0.161. The van der Waals surface area contributed by atoms with Gasteiger partial charge < -0.3 is 20.9 Å². The molecule has 0 saturated heterocycles. The predicted octanol–water partition coefficient (Wildman–Crippen LogP) is 0.739. The van der Waals surface area contributed by atoms with Gasteiger partial charge in [-0.25, -0.2) is 0 Å². The zero-order valence-corrected chi connectivity index (χ0v) is 12.1. The Morgan fingerprint density at radius 2 is 1.90 bits per heavy atom. The van der Waals surface area contributed by atoms with Crippen LogP contribution in [0.4, 0.5) is 0 Å². The Hall–Kier alpha value is -1.92. The fourth-order valence-corrected chi connectivity index (χ4v) is 1.65. The average Bonchev–Trinajstić information content (AvgIpc) is 2.51. The smallest absolute Gasteiger partial charge is 0.323 e. The lowest BCUT2D eigenvalue weighted by Gasteiger charge is -2.17. The molecule has 0 aliphatic heterocycles. The molecule has 0 aromatic heterocycles. The van der Waals surface area contributed by atoms with Gasteiger partial charge >= 0.3 is 11.9 Å². The summed E-state index contributed by atoms with van der Waals surface area (Å²) in [7, 11) is 0. The highest BCUT2D eigenvalue weighted by Gasteiger charge is 2.22. The highest BCUT2D eigenvalue weighted by atomic mass is 16.6. The van der Waals surface area contributed by atoms with Crippen molar-refractivity contribution in [3.05, 3.63) is 42.0 Å². The standard InChI is InChI=1S/C15H21N2O4/c1-2-6-12(17)15(19)20-10-13(21-14(18)9-16)11-7-4-3-5-8-11/h3-5,7-8,12H,2,6,9-10,16-17H2,1H3/t12-/m0/s1. The summed E-state index contributed by atoms with van der Waals surface area (Å²) in [5.41, 5.74) is 11.5. The van der Waals surface area contributed by atoms with Crippen LogP contribution in [0.3, 0.4) is 0 Å². The highest BCUT2D eigenvalue weighted by Crippen LogP contribution is 2.17. The third kappa shape index (κ3) is 5.93. The summed E-state index contributed by atoms with van der Waals surface area (Å²) in [5, 5.41) is 0. The minimum Gasteiger partial charge on any atom is -0.460 e. The lowest BCUT2D eigenvalue weighted by Crippen LogP contribution is -2.33. The number of hydrogen-bond acceptors (Lipinski definition) is 6. The van der Waals surface area contributed by atoms with Crippen molar-refractivity contribution >= 4 is 11.9 Å². The summed E-state index contributed by atoms with van der Waals surface area (Å²) in [6, 6.07) is 8.23. The quantitative estimate of drug-likeness (QED) is 0.685. The number of ether oxygens (including phenoxy) is 2. The molecule has 0 spiro atoms. The van der Waals surface area contributed by atoms with Crippen molar-refractivity contribution in [1.29, 1.82) is 0 Å². The van der Waals surface area contributed by atoms with Crippen LogP contribution in [0, 0.1) is 6.10 Å². The fourth-order valence-electron chi connectivity index (χ4n) is 1.65. The monoisotopic (exact) mass is 293 g/mol. The largest absolute Gasteiger partial charge is 0.460 e. The molecule has 6 heteroatoms. The van der Waals surface area contributed by atoms with Crippen LogP contribution in [-0.2, 0) is 19.1 Å². The van der Waals surface area contributed by atoms with E-state index in [1.165, 1.54) is 0 Å². The van der Waals surface area contributed by atoms with E-state index in [1.807, 2.05) is 13.0 Å². The van der Waals surface area contributed by atoms with Gasteiger partial charge in [0.2, 0.25) is 6.10 Å². The summed E-state index contributed by atoms with van der Waals surface area (Å²) in [6.07, 6.45) is 1.57. The van der Waals surface area contributed by atoms with Crippen molar-refractivity contribution in [3.63, 3.8) is 0 Å². The lowest BCUT2D eigenvalue weighted by molar-refractivity contribution is -0.150. The summed E-state index contributed by atoms with van der Waals surface area (Å²) >= 11 is 0. The number of rotatable bonds is 8. The Labute approximate surface area is 124 Å². The molecule has 0 amide bonds. The second-order valence-electron chi connectivity index (χ2n) is 4.47. The molecular weight excluding hydrogens is 272 g/mol. The molecular formula is C15H21N2O4. The molecule has 4 N–H and O–H groups in total. The van der Waals surface area contributed by atoms with Crippen molar-refractivity contribution in [2.75, 3.05) is 13.2 Å². The van der Waals surface area contributed by atoms with Crippen LogP contribution < -0.4 is 11.5 Å². The normalized spacial score (nSPS) is 12.0. The van der Waals surface area contributed by atoms with Crippen LogP contribution >= 0.6 is 0 Å². The van der Waals surface area contributed by atoms with E-state index in [0.717, 1.165) is 6.42 Å². The molecule has 21 heavy (non-hydrogen) atoms. The highest BCUT2D eigenvalue weighted by molar-refractivity contribution is 5.76. The Kier molecular flexibility index (Phi) is 7.42. The van der Waals surface area contributed by atoms with E-state index in [0.29, 0.717) is 12.0 Å². The van der Waals surface area contributed by atoms with Gasteiger partial charge in [0.05, 0.1) is 6.54 Å². The third-order valence-corrected chi connectivity index (χ3v) is 2.75. The Morgan fingerprint density at radius 3 is 2.48 bits per heavy atom. The van der Waals surface area contributed by atoms with Crippen LogP contribution in [0.5, 0.6) is 0 Å². The van der Waals surface area contributed by atoms with E-state index in [9.17, 15) is 9.59 Å². The maximum absolute atomic E-state index is 11.7. The van der Waals surface area contributed by atoms with E-state index in [1.54, 1.807) is 24.3 Å². The second kappa shape index (κ2) is 9.10. The van der Waals surface area contributed by atoms with Crippen LogP contribution in [0.15, 0.2) is 30.3 Å². The lowest BCUT2D eigenvalue weighted by atomic mass is 10.1. The average molecular weight is 293 g/mol. The number of nitrogens with two attached hydrogens (primary N) is 2. The van der Waals surface area contributed by atoms with E-state index < -0.39 is 18.0 Å². The van der Waals surface area contributed by atoms with Gasteiger partial charge in [-0.2, -0.15) is 0 Å². The van der Waals surface area contributed by atoms with Crippen LogP contribution in [0.2, 0.25) is 0 Å². The summed E-state index contributed by atoms with van der Waals surface area (Å²) < 4.78 is 10.2. The number of carbonyl (C=O) groups is 2. The van der Waals surface area contributed by atoms with Gasteiger partial charge in [0.1, 0.15) is 12.6 Å². The molecule has 0 heterocycles. The predicted molar refractivity (Wildman–Crippen MR) is 77.8 cm³/mol. The van der Waals surface area contributed by atoms with Gasteiger partial charge in [-0.05, 0) is 6.42 Å². The molecule has 0 aliphatic carbocycles. The number of benzene rings is 1. The Balaban J connectivity index is 2.66. The first-order valence-electron chi connectivity index (χ1n) is 6.82. The molecule has 0 aliphatic rings. The van der Waals surface area contributed by atoms with Crippen molar-refractivity contribution < 1.29 is 19.1 Å². The van der Waals surface area contributed by atoms with E-state index >= 15 is 0 Å². The minimum atomic E-state index is -0.669. The first-order valence-corrected chi connectivity index (χ1v) is 6.82. The molecule has 0 saturated carbocycles. The Morgan fingerprint density at radius 1 is 1.24 bits per heavy atom. The summed E-state index contributed by atoms with van der Waals surface area (Å²) in [5.74, 6) is -1.11. The maximum Gasteiger partial charge on any atom is 0.323 e. The molecule has 115 valence electrons. The topological polar surface area (TPSA) is 105 Å². The van der Waals surface area contributed by atoms with Gasteiger partial charge in [0.25, 0.3) is 0 Å². The van der Waals surface area contributed by atoms with Crippen LogP contribution in [-0.4, -0.2) is 31.1 Å². The Bertz CT molecular complexity index is 450. The van der Waals surface area contributed by atoms with Crippen molar-refractivity contribution in [2.24, 2.45) is 11.5 Å².